The van der Waals surface area contributed by atoms with E-state index in [9.17, 15) is 0 Å². The van der Waals surface area contributed by atoms with Crippen molar-refractivity contribution >= 4 is 55.7 Å². The number of nitrogens with zero attached hydrogens (tertiary/aromatic N) is 2. The number of ether oxygens (including phenoxy) is 2. The molecule has 4 bridgehead atoms. The molecule has 0 aromatic heterocycles. The van der Waals surface area contributed by atoms with Gasteiger partial charge in [-0.1, -0.05) is 187 Å². The average Bonchev–Trinajstić information content (AvgIpc) is 4.40. The Morgan fingerprint density at radius 2 is 0.718 bits per heavy atom. The highest BCUT2D eigenvalue weighted by Crippen LogP contribution is 2.54. The SMILES string of the molecule is CCCCCCCCc1c(CCCCCCCC)c2cc(N(c3ccccc3)c3ccccc3-c3ccc4c(c3)C3CCC4O3)ccc2c2ccc(N(c3ccccc3)c3ccccc3-c3ccc4c(c3)C3CCC4O3)cc12. The number of aryl methyl sites for hydroxylation is 2. The normalized spacial score (nSPS) is 17.8. The molecular weight excluding hydrogens is 949 g/mol. The van der Waals surface area contributed by atoms with Crippen LogP contribution in [0.25, 0.3) is 43.8 Å². The molecule has 4 atom stereocenters. The number of hydrogen-bond donors (Lipinski definition) is 0. The van der Waals surface area contributed by atoms with Crippen molar-refractivity contribution in [1.82, 2.24) is 0 Å². The molecule has 0 saturated carbocycles. The molecular formula is C74H76N2O2. The minimum Gasteiger partial charge on any atom is -0.366 e. The maximum Gasteiger partial charge on any atom is 0.0838 e. The molecule has 0 aliphatic carbocycles. The summed E-state index contributed by atoms with van der Waals surface area (Å²) in [5.41, 5.74) is 20.6. The molecule has 4 heterocycles. The monoisotopic (exact) mass is 1020 g/mol. The fourth-order valence-corrected chi connectivity index (χ4v) is 14.0. The molecule has 0 amide bonds. The van der Waals surface area contributed by atoms with E-state index < -0.39 is 0 Å². The highest BCUT2D eigenvalue weighted by atomic mass is 16.5. The third-order valence-electron chi connectivity index (χ3n) is 17.9. The van der Waals surface area contributed by atoms with E-state index in [0.29, 0.717) is 0 Å². The molecule has 4 heteroatoms. The quantitative estimate of drug-likeness (QED) is 0.0499. The van der Waals surface area contributed by atoms with Crippen LogP contribution >= 0.6 is 0 Å². The zero-order valence-corrected chi connectivity index (χ0v) is 46.1. The van der Waals surface area contributed by atoms with E-state index in [1.165, 1.54) is 177 Å². The van der Waals surface area contributed by atoms with Crippen LogP contribution in [0.4, 0.5) is 34.1 Å². The standard InChI is InChI=1S/C74H76N2O2/c1-3-5-7-9-11-19-31-59-60(32-20-12-10-8-6-4-2)66-50-56(76(54-27-17-14-18-28-54)70-34-24-22-30-58(70)52-36-40-64-68(48-52)74-46-44-72(64)78-74)38-42-62(66)61-41-37-55(49-65(59)61)75(53-25-15-13-16-26-53)69-33-23-21-29-57(69)51-35-39-63-67(47-51)73-45-43-71(63)77-73/h13-18,21-30,33-42,47-50,71-74H,3-12,19-20,31-32,43-46H2,1-2H3. The summed E-state index contributed by atoms with van der Waals surface area (Å²) in [6.45, 7) is 4.65. The Kier molecular flexibility index (Phi) is 14.8. The lowest BCUT2D eigenvalue weighted by molar-refractivity contribution is 0.0715. The molecule has 9 aromatic rings. The van der Waals surface area contributed by atoms with E-state index >= 15 is 0 Å². The van der Waals surface area contributed by atoms with Crippen LogP contribution in [0, 0.1) is 0 Å². The van der Waals surface area contributed by atoms with E-state index in [1.54, 1.807) is 0 Å². The number of hydrogen-bond acceptors (Lipinski definition) is 4. The lowest BCUT2D eigenvalue weighted by atomic mass is 9.85. The molecule has 4 unspecified atom stereocenters. The number of unbranched alkanes of at least 4 members (excludes halogenated alkanes) is 10. The molecule has 4 aliphatic rings. The van der Waals surface area contributed by atoms with Crippen LogP contribution in [0.15, 0.2) is 182 Å². The molecule has 0 N–H and O–H groups in total. The van der Waals surface area contributed by atoms with Crippen LogP contribution in [0.5, 0.6) is 0 Å². The van der Waals surface area contributed by atoms with Gasteiger partial charge in [0.1, 0.15) is 0 Å². The summed E-state index contributed by atoms with van der Waals surface area (Å²) >= 11 is 0. The Morgan fingerprint density at radius 3 is 1.15 bits per heavy atom. The second kappa shape index (κ2) is 22.8. The topological polar surface area (TPSA) is 24.9 Å². The molecule has 0 radical (unpaired) electrons. The van der Waals surface area contributed by atoms with Crippen LogP contribution in [0.2, 0.25) is 0 Å². The summed E-state index contributed by atoms with van der Waals surface area (Å²) < 4.78 is 12.8. The van der Waals surface area contributed by atoms with Gasteiger partial charge in [0.05, 0.1) is 35.8 Å². The van der Waals surface area contributed by atoms with E-state index in [2.05, 4.69) is 206 Å². The largest absolute Gasteiger partial charge is 0.366 e. The summed E-state index contributed by atoms with van der Waals surface area (Å²) in [4.78, 5) is 5.04. The van der Waals surface area contributed by atoms with Gasteiger partial charge in [0, 0.05) is 33.9 Å². The highest BCUT2D eigenvalue weighted by molar-refractivity contribution is 6.13. The van der Waals surface area contributed by atoms with E-state index in [-0.39, 0.29) is 24.4 Å². The first-order chi connectivity index (χ1) is 38.6. The Morgan fingerprint density at radius 1 is 0.333 bits per heavy atom. The van der Waals surface area contributed by atoms with Crippen molar-refractivity contribution in [3.8, 4) is 22.3 Å². The number of para-hydroxylation sites is 4. The molecule has 394 valence electrons. The second-order valence-electron chi connectivity index (χ2n) is 22.9. The van der Waals surface area contributed by atoms with Crippen LogP contribution in [0.1, 0.15) is 174 Å². The minimum atomic E-state index is 0.210. The van der Waals surface area contributed by atoms with Crippen molar-refractivity contribution in [2.24, 2.45) is 0 Å². The van der Waals surface area contributed by atoms with E-state index in [0.717, 1.165) is 49.9 Å². The zero-order chi connectivity index (χ0) is 52.4. The molecule has 2 saturated heterocycles. The van der Waals surface area contributed by atoms with E-state index in [4.69, 9.17) is 9.47 Å². The fraction of sp³-hybridized carbons (Fsp3) is 0.324. The van der Waals surface area contributed by atoms with E-state index in [1.807, 2.05) is 0 Å². The lowest BCUT2D eigenvalue weighted by Crippen LogP contribution is -2.12. The number of rotatable bonds is 22. The van der Waals surface area contributed by atoms with Crippen molar-refractivity contribution in [2.75, 3.05) is 9.80 Å². The van der Waals surface area contributed by atoms with Crippen molar-refractivity contribution in [1.29, 1.82) is 0 Å². The predicted molar refractivity (Wildman–Crippen MR) is 327 cm³/mol. The van der Waals surface area contributed by atoms with Gasteiger partial charge in [-0.25, -0.2) is 0 Å². The molecule has 0 spiro atoms. The van der Waals surface area contributed by atoms with Crippen LogP contribution < -0.4 is 9.80 Å². The molecule has 9 aromatic carbocycles. The third kappa shape index (κ3) is 9.75. The second-order valence-corrected chi connectivity index (χ2v) is 22.9. The van der Waals surface area contributed by atoms with Gasteiger partial charge < -0.3 is 19.3 Å². The minimum absolute atomic E-state index is 0.210. The number of fused-ring (bicyclic) bond motifs is 13. The smallest absolute Gasteiger partial charge is 0.0838 e. The van der Waals surface area contributed by atoms with Gasteiger partial charge in [0.15, 0.2) is 0 Å². The molecule has 13 rings (SSSR count). The van der Waals surface area contributed by atoms with Crippen LogP contribution in [0.3, 0.4) is 0 Å². The Hall–Kier alpha value is -6.98. The summed E-state index contributed by atoms with van der Waals surface area (Å²) in [5, 5.41) is 5.46. The van der Waals surface area contributed by atoms with Gasteiger partial charge in [-0.05, 0) is 190 Å². The number of anilines is 6. The van der Waals surface area contributed by atoms with Crippen LogP contribution in [-0.4, -0.2) is 0 Å². The summed E-state index contributed by atoms with van der Waals surface area (Å²) in [5.74, 6) is 0. The molecule has 4 nitrogen and oxygen atoms in total. The van der Waals surface area contributed by atoms with Crippen molar-refractivity contribution in [3.63, 3.8) is 0 Å². The maximum atomic E-state index is 6.42. The summed E-state index contributed by atoms with van der Waals surface area (Å²) in [6, 6.07) is 69.3. The predicted octanol–water partition coefficient (Wildman–Crippen LogP) is 21.9. The van der Waals surface area contributed by atoms with Gasteiger partial charge in [-0.15, -0.1) is 0 Å². The van der Waals surface area contributed by atoms with Crippen molar-refractivity contribution < 1.29 is 9.47 Å². The van der Waals surface area contributed by atoms with Crippen LogP contribution in [-0.2, 0) is 22.3 Å². The first-order valence-electron chi connectivity index (χ1n) is 30.1. The zero-order valence-electron chi connectivity index (χ0n) is 46.1. The Bertz CT molecular complexity index is 3330. The first-order valence-corrected chi connectivity index (χ1v) is 30.1. The summed E-state index contributed by atoms with van der Waals surface area (Å²) in [7, 11) is 0. The van der Waals surface area contributed by atoms with Gasteiger partial charge in [0.2, 0.25) is 0 Å². The van der Waals surface area contributed by atoms with Gasteiger partial charge in [-0.3, -0.25) is 0 Å². The fourth-order valence-electron chi connectivity index (χ4n) is 14.0. The summed E-state index contributed by atoms with van der Waals surface area (Å²) in [6.07, 6.45) is 22.8. The number of benzene rings is 9. The van der Waals surface area contributed by atoms with Crippen molar-refractivity contribution in [2.45, 2.75) is 154 Å². The molecule has 78 heavy (non-hydrogen) atoms. The third-order valence-corrected chi connectivity index (χ3v) is 17.9. The first kappa shape index (κ1) is 50.5. The Labute approximate surface area is 464 Å². The lowest BCUT2D eigenvalue weighted by Gasteiger charge is -2.30. The van der Waals surface area contributed by atoms with Gasteiger partial charge >= 0.3 is 0 Å². The highest BCUT2D eigenvalue weighted by Gasteiger charge is 2.39. The Balaban J connectivity index is 0.979. The average molecular weight is 1030 g/mol. The molecule has 4 aliphatic heterocycles. The van der Waals surface area contributed by atoms with Gasteiger partial charge in [-0.2, -0.15) is 0 Å². The maximum absolute atomic E-state index is 6.42. The van der Waals surface area contributed by atoms with Crippen molar-refractivity contribution in [3.05, 3.63) is 215 Å². The molecule has 2 fully saturated rings. The van der Waals surface area contributed by atoms with Gasteiger partial charge in [0.25, 0.3) is 0 Å².